The number of aryl methyl sites for hydroxylation is 2. The predicted octanol–water partition coefficient (Wildman–Crippen LogP) is 3.93. The summed E-state index contributed by atoms with van der Waals surface area (Å²) in [5.74, 6) is 0.397. The van der Waals surface area contributed by atoms with Crippen LogP contribution in [0.5, 0.6) is 0 Å². The van der Waals surface area contributed by atoms with Crippen LogP contribution in [0.15, 0.2) is 54.6 Å². The van der Waals surface area contributed by atoms with Gasteiger partial charge in [0.2, 0.25) is 5.95 Å². The molecule has 1 aliphatic rings. The number of benzene rings is 2. The molecule has 1 fully saturated rings. The van der Waals surface area contributed by atoms with Crippen LogP contribution in [0.3, 0.4) is 0 Å². The molecule has 154 valence electrons. The van der Waals surface area contributed by atoms with Crippen LogP contribution in [-0.4, -0.2) is 42.2 Å². The summed E-state index contributed by atoms with van der Waals surface area (Å²) in [6, 6.07) is 17.1. The minimum atomic E-state index is -0.148. The second kappa shape index (κ2) is 8.92. The van der Waals surface area contributed by atoms with Crippen LogP contribution in [0.25, 0.3) is 0 Å². The lowest BCUT2D eigenvalue weighted by molar-refractivity contribution is 0.102. The number of hydrogen-bond acceptors (Lipinski definition) is 6. The first-order chi connectivity index (χ1) is 14.6. The molecule has 0 aliphatic carbocycles. The van der Waals surface area contributed by atoms with E-state index in [2.05, 4.69) is 25.5 Å². The zero-order valence-corrected chi connectivity index (χ0v) is 17.2. The van der Waals surface area contributed by atoms with Gasteiger partial charge in [-0.1, -0.05) is 12.1 Å². The van der Waals surface area contributed by atoms with E-state index in [1.54, 1.807) is 12.1 Å². The number of rotatable bonds is 5. The third-order valence-corrected chi connectivity index (χ3v) is 4.89. The Bertz CT molecular complexity index is 1010. The van der Waals surface area contributed by atoms with Crippen LogP contribution in [-0.2, 0) is 4.74 Å². The van der Waals surface area contributed by atoms with Crippen LogP contribution in [0.2, 0.25) is 0 Å². The molecule has 0 atom stereocenters. The van der Waals surface area contributed by atoms with Gasteiger partial charge in [0, 0.05) is 35.7 Å². The fourth-order valence-electron chi connectivity index (χ4n) is 3.47. The number of anilines is 4. The molecule has 2 aromatic carbocycles. The number of nitrogens with zero attached hydrogens (tertiary/aromatic N) is 3. The summed E-state index contributed by atoms with van der Waals surface area (Å²) in [6.45, 7) is 6.88. The monoisotopic (exact) mass is 403 g/mol. The van der Waals surface area contributed by atoms with Crippen molar-refractivity contribution in [1.29, 1.82) is 0 Å². The molecule has 4 rings (SSSR count). The van der Waals surface area contributed by atoms with Gasteiger partial charge < -0.3 is 20.3 Å². The van der Waals surface area contributed by atoms with Crippen molar-refractivity contribution < 1.29 is 9.53 Å². The van der Waals surface area contributed by atoms with Gasteiger partial charge in [0.15, 0.2) is 0 Å². The molecule has 3 aromatic rings. The first-order valence-corrected chi connectivity index (χ1v) is 10.0. The Balaban J connectivity index is 1.46. The second-order valence-electron chi connectivity index (χ2n) is 7.25. The summed E-state index contributed by atoms with van der Waals surface area (Å²) in [6.07, 6.45) is 0. The van der Waals surface area contributed by atoms with Crippen LogP contribution in [0, 0.1) is 13.8 Å². The van der Waals surface area contributed by atoms with Crippen molar-refractivity contribution in [3.8, 4) is 0 Å². The zero-order valence-electron chi connectivity index (χ0n) is 17.2. The third kappa shape index (κ3) is 4.75. The minimum Gasteiger partial charge on any atom is -0.378 e. The first-order valence-electron chi connectivity index (χ1n) is 10.0. The maximum absolute atomic E-state index is 12.8. The Labute approximate surface area is 176 Å². The molecular formula is C23H25N5O2. The summed E-state index contributed by atoms with van der Waals surface area (Å²) in [5, 5.41) is 6.22. The molecule has 0 radical (unpaired) electrons. The molecule has 7 nitrogen and oxygen atoms in total. The van der Waals surface area contributed by atoms with Crippen LogP contribution in [0.4, 0.5) is 23.0 Å². The van der Waals surface area contributed by atoms with Gasteiger partial charge in [-0.3, -0.25) is 4.79 Å². The lowest BCUT2D eigenvalue weighted by atomic mass is 10.1. The highest BCUT2D eigenvalue weighted by Crippen LogP contribution is 2.27. The van der Waals surface area contributed by atoms with Gasteiger partial charge in [-0.15, -0.1) is 0 Å². The molecule has 0 spiro atoms. The van der Waals surface area contributed by atoms with Crippen molar-refractivity contribution >= 4 is 28.9 Å². The van der Waals surface area contributed by atoms with Gasteiger partial charge in [-0.25, -0.2) is 9.97 Å². The van der Waals surface area contributed by atoms with Gasteiger partial charge >= 0.3 is 0 Å². The Hall–Kier alpha value is -3.45. The third-order valence-electron chi connectivity index (χ3n) is 4.89. The maximum Gasteiger partial charge on any atom is 0.255 e. The first kappa shape index (κ1) is 19.8. The number of nitrogens with one attached hydrogen (secondary N) is 2. The Kier molecular flexibility index (Phi) is 5.90. The number of hydrogen-bond donors (Lipinski definition) is 2. The lowest BCUT2D eigenvalue weighted by Crippen LogP contribution is -2.36. The molecule has 1 aromatic heterocycles. The summed E-state index contributed by atoms with van der Waals surface area (Å²) < 4.78 is 5.43. The van der Waals surface area contributed by atoms with E-state index in [1.807, 2.05) is 56.3 Å². The predicted molar refractivity (Wildman–Crippen MR) is 119 cm³/mol. The van der Waals surface area contributed by atoms with Gasteiger partial charge in [-0.05, 0) is 56.3 Å². The maximum atomic E-state index is 12.8. The average Bonchev–Trinajstić information content (AvgIpc) is 2.74. The van der Waals surface area contributed by atoms with Crippen molar-refractivity contribution in [2.45, 2.75) is 13.8 Å². The molecule has 0 unspecified atom stereocenters. The van der Waals surface area contributed by atoms with E-state index >= 15 is 0 Å². The lowest BCUT2D eigenvalue weighted by Gasteiger charge is -2.30. The van der Waals surface area contributed by atoms with Crippen LogP contribution < -0.4 is 15.5 Å². The molecular weight excluding hydrogens is 378 g/mol. The van der Waals surface area contributed by atoms with Crippen LogP contribution in [0.1, 0.15) is 21.7 Å². The van der Waals surface area contributed by atoms with Crippen molar-refractivity contribution in [2.24, 2.45) is 0 Å². The number of carbonyl (C=O) groups is 1. The molecule has 2 N–H and O–H groups in total. The summed E-state index contributed by atoms with van der Waals surface area (Å²) in [7, 11) is 0. The fourth-order valence-corrected chi connectivity index (χ4v) is 3.47. The number of carbonyl (C=O) groups excluding carboxylic acids is 1. The number of ether oxygens (including phenoxy) is 1. The average molecular weight is 403 g/mol. The Morgan fingerprint density at radius 2 is 1.63 bits per heavy atom. The van der Waals surface area contributed by atoms with E-state index in [9.17, 15) is 4.79 Å². The van der Waals surface area contributed by atoms with Crippen LogP contribution >= 0.6 is 0 Å². The SMILES string of the molecule is Cc1cc(C)nc(Nc2ccc(C(=O)Nc3ccccc3N3CCOCC3)cc2)n1. The minimum absolute atomic E-state index is 0.148. The van der Waals surface area contributed by atoms with E-state index in [0.717, 1.165) is 41.5 Å². The van der Waals surface area contributed by atoms with E-state index < -0.39 is 0 Å². The van der Waals surface area contributed by atoms with Crippen molar-refractivity contribution in [3.63, 3.8) is 0 Å². The molecule has 30 heavy (non-hydrogen) atoms. The van der Waals surface area contributed by atoms with Crippen molar-refractivity contribution in [1.82, 2.24) is 9.97 Å². The zero-order chi connectivity index (χ0) is 20.9. The molecule has 1 amide bonds. The molecule has 2 heterocycles. The standard InChI is InChI=1S/C23H25N5O2/c1-16-15-17(2)25-23(24-16)26-19-9-7-18(8-10-19)22(29)27-20-5-3-4-6-21(20)28-11-13-30-14-12-28/h3-10,15H,11-14H2,1-2H3,(H,27,29)(H,24,25,26). The van der Waals surface area contributed by atoms with E-state index in [4.69, 9.17) is 4.74 Å². The fraction of sp³-hybridized carbons (Fsp3) is 0.261. The van der Waals surface area contributed by atoms with Gasteiger partial charge in [-0.2, -0.15) is 0 Å². The summed E-state index contributed by atoms with van der Waals surface area (Å²) in [5.41, 5.74) is 5.03. The van der Waals surface area contributed by atoms with E-state index in [-0.39, 0.29) is 5.91 Å². The normalized spacial score (nSPS) is 13.7. The molecule has 0 saturated carbocycles. The second-order valence-corrected chi connectivity index (χ2v) is 7.25. The van der Waals surface area contributed by atoms with E-state index in [1.165, 1.54) is 0 Å². The highest BCUT2D eigenvalue weighted by Gasteiger charge is 2.16. The largest absolute Gasteiger partial charge is 0.378 e. The smallest absolute Gasteiger partial charge is 0.255 e. The Morgan fingerprint density at radius 1 is 0.967 bits per heavy atom. The molecule has 1 aliphatic heterocycles. The topological polar surface area (TPSA) is 79.4 Å². The number of amides is 1. The molecule has 0 bridgehead atoms. The van der Waals surface area contributed by atoms with E-state index in [0.29, 0.717) is 24.7 Å². The highest BCUT2D eigenvalue weighted by molar-refractivity contribution is 6.06. The van der Waals surface area contributed by atoms with Gasteiger partial charge in [0.05, 0.1) is 24.6 Å². The van der Waals surface area contributed by atoms with Crippen molar-refractivity contribution in [2.75, 3.05) is 41.8 Å². The number of aromatic nitrogens is 2. The Morgan fingerprint density at radius 3 is 2.33 bits per heavy atom. The van der Waals surface area contributed by atoms with Gasteiger partial charge in [0.25, 0.3) is 5.91 Å². The molecule has 7 heteroatoms. The van der Waals surface area contributed by atoms with Gasteiger partial charge in [0.1, 0.15) is 0 Å². The molecule has 1 saturated heterocycles. The quantitative estimate of drug-likeness (QED) is 0.672. The summed E-state index contributed by atoms with van der Waals surface area (Å²) in [4.78, 5) is 23.8. The number of para-hydroxylation sites is 2. The highest BCUT2D eigenvalue weighted by atomic mass is 16.5. The number of morpholine rings is 1. The summed E-state index contributed by atoms with van der Waals surface area (Å²) >= 11 is 0. The van der Waals surface area contributed by atoms with Crippen molar-refractivity contribution in [3.05, 3.63) is 71.5 Å².